The summed E-state index contributed by atoms with van der Waals surface area (Å²) in [4.78, 5) is 38.3. The fourth-order valence-electron chi connectivity index (χ4n) is 1.75. The van der Waals surface area contributed by atoms with Crippen molar-refractivity contribution in [3.05, 3.63) is 30.0 Å². The number of aliphatic hydroxyl groups is 1. The Morgan fingerprint density at radius 2 is 1.70 bits per heavy atom. The average Bonchev–Trinajstić information content (AvgIpc) is 2.52. The molecule has 0 radical (unpaired) electrons. The number of nitrogen functional groups attached to an aromatic ring is 1. The van der Waals surface area contributed by atoms with Crippen molar-refractivity contribution < 1.29 is 100 Å². The quantitative estimate of drug-likeness (QED) is 0.0807. The number of rotatable bonds is 11. The second kappa shape index (κ2) is 11.9. The number of alkyl halides is 4. The number of phosphoric acid groups is 3. The van der Waals surface area contributed by atoms with Gasteiger partial charge in [0.15, 0.2) is 5.67 Å². The largest absolute Gasteiger partial charge is 2.00 e. The molecule has 1 aromatic heterocycles. The van der Waals surface area contributed by atoms with Crippen molar-refractivity contribution in [2.24, 2.45) is 0 Å². The van der Waals surface area contributed by atoms with Crippen molar-refractivity contribution in [3.8, 4) is 0 Å². The van der Waals surface area contributed by atoms with Crippen LogP contribution < -0.4 is 5.73 Å². The molecule has 23 heteroatoms. The van der Waals surface area contributed by atoms with E-state index in [2.05, 4.69) is 30.3 Å². The molecule has 0 saturated heterocycles. The molecule has 1 aromatic rings. The van der Waals surface area contributed by atoms with Gasteiger partial charge in [0.1, 0.15) is 5.82 Å². The van der Waals surface area contributed by atoms with Crippen molar-refractivity contribution >= 4 is 41.5 Å². The number of hydrogen-bond acceptors (Lipinski definition) is 10. The summed E-state index contributed by atoms with van der Waals surface area (Å²) in [6.07, 6.45) is -8.08. The average molecular weight is 791 g/mol. The van der Waals surface area contributed by atoms with Gasteiger partial charge >= 0.3 is 60.8 Å². The summed E-state index contributed by atoms with van der Waals surface area (Å²) < 4.78 is 98.2. The van der Waals surface area contributed by atoms with Gasteiger partial charge < -0.3 is 39.5 Å². The smallest absolute Gasteiger partial charge is 0.458 e. The van der Waals surface area contributed by atoms with Crippen LogP contribution in [0, 0.1) is 48.8 Å². The van der Waals surface area contributed by atoms with E-state index in [-0.39, 0.29) is 49.9 Å². The fraction of sp³-hybridized carbons (Fsp3) is 0.400. The van der Waals surface area contributed by atoms with Gasteiger partial charge in [0.25, 0.3) is 0 Å². The maximum absolute atomic E-state index is 14.7. The van der Waals surface area contributed by atoms with E-state index in [1.807, 2.05) is 0 Å². The Balaban J connectivity index is 0.0000102. The minimum Gasteiger partial charge on any atom is -0.458 e. The first-order valence-corrected chi connectivity index (χ1v) is 12.4. The van der Waals surface area contributed by atoms with Crippen molar-refractivity contribution in [1.29, 1.82) is 0 Å². The van der Waals surface area contributed by atoms with Crippen LogP contribution in [0.1, 0.15) is 0 Å². The molecule has 7 N–H and O–H groups in total. The summed E-state index contributed by atoms with van der Waals surface area (Å²) in [5, 5.41) is 9.69. The molecule has 0 aromatic carbocycles. The van der Waals surface area contributed by atoms with E-state index >= 15 is 0 Å². The fourth-order valence-corrected chi connectivity index (χ4v) is 4.93. The van der Waals surface area contributed by atoms with Crippen LogP contribution in [0.5, 0.6) is 0 Å². The SMILES string of the molecule is Nc1ccn([CH-]C(F)([C@@H](O)[CH-]COP(=O)(O)OP(=O)(O)OP(=O)(O)O)C(F)(F)F)c(=S)n1.[U+2]. The molecule has 4 atom stereocenters. The number of nitrogens with two attached hydrogens (primary N) is 1. The molecule has 0 saturated carbocycles. The second-order valence-electron chi connectivity index (χ2n) is 5.50. The summed E-state index contributed by atoms with van der Waals surface area (Å²) in [5.41, 5.74) is 0.723. The molecule has 188 valence electrons. The molecule has 33 heavy (non-hydrogen) atoms. The van der Waals surface area contributed by atoms with Gasteiger partial charge in [-0.2, -0.15) is 21.8 Å². The summed E-state index contributed by atoms with van der Waals surface area (Å²) in [5.74, 6) is -0.195. The molecular formula is C10H14F4N3O11P3SU. The van der Waals surface area contributed by atoms with E-state index in [0.717, 1.165) is 12.3 Å². The number of aromatic nitrogens is 2. The van der Waals surface area contributed by atoms with Crippen LogP contribution in [0.25, 0.3) is 0 Å². The molecule has 1 rings (SSSR count). The van der Waals surface area contributed by atoms with Crippen molar-refractivity contribution in [2.75, 3.05) is 12.3 Å². The number of phosphoric ester groups is 1. The Kier molecular flexibility index (Phi) is 11.9. The Bertz CT molecular complexity index is 1030. The maximum atomic E-state index is 14.7. The number of nitrogens with zero attached hydrogens (tertiary/aromatic N) is 2. The second-order valence-corrected chi connectivity index (χ2v) is 10.3. The van der Waals surface area contributed by atoms with Crippen LogP contribution in [-0.4, -0.2) is 58.8 Å². The first kappa shape index (κ1) is 33.1. The molecule has 0 aliphatic heterocycles. The van der Waals surface area contributed by atoms with Crippen molar-refractivity contribution in [3.63, 3.8) is 0 Å². The third-order valence-electron chi connectivity index (χ3n) is 3.02. The molecule has 0 aliphatic carbocycles. The topological polar surface area (TPSA) is 224 Å². The van der Waals surface area contributed by atoms with Crippen LogP contribution in [0.3, 0.4) is 0 Å². The van der Waals surface area contributed by atoms with Gasteiger partial charge in [-0.15, -0.1) is 12.2 Å². The molecule has 0 fully saturated rings. The van der Waals surface area contributed by atoms with Crippen LogP contribution in [0.4, 0.5) is 23.4 Å². The number of halogens is 4. The van der Waals surface area contributed by atoms with E-state index in [1.165, 1.54) is 0 Å². The third kappa shape index (κ3) is 10.7. The van der Waals surface area contributed by atoms with Crippen molar-refractivity contribution in [1.82, 2.24) is 9.55 Å². The molecule has 14 nitrogen and oxygen atoms in total. The predicted molar refractivity (Wildman–Crippen MR) is 97.2 cm³/mol. The summed E-state index contributed by atoms with van der Waals surface area (Å²) in [7, 11) is -17.3. The zero-order valence-corrected chi connectivity index (χ0v) is 23.2. The van der Waals surface area contributed by atoms with Crippen LogP contribution in [0.15, 0.2) is 12.3 Å². The van der Waals surface area contributed by atoms with Crippen LogP contribution in [-0.2, 0) is 26.8 Å². The first-order chi connectivity index (χ1) is 14.2. The van der Waals surface area contributed by atoms with Crippen LogP contribution >= 0.6 is 35.7 Å². The van der Waals surface area contributed by atoms with Crippen molar-refractivity contribution in [2.45, 2.75) is 17.9 Å². The molecule has 1 heterocycles. The molecular weight excluding hydrogens is 777 g/mol. The molecule has 0 spiro atoms. The van der Waals surface area contributed by atoms with Gasteiger partial charge in [-0.05, 0) is 6.10 Å². The van der Waals surface area contributed by atoms with E-state index in [9.17, 15) is 41.3 Å². The van der Waals surface area contributed by atoms with E-state index in [1.54, 1.807) is 0 Å². The summed E-state index contributed by atoms with van der Waals surface area (Å²) in [6, 6.07) is 0.967. The molecule has 0 aliphatic rings. The zero-order valence-electron chi connectivity index (χ0n) is 15.5. The normalized spacial score (nSPS) is 18.8. The predicted octanol–water partition coefficient (Wildman–Crippen LogP) is 1.38. The van der Waals surface area contributed by atoms with Gasteiger partial charge in [0.05, 0.1) is 4.77 Å². The van der Waals surface area contributed by atoms with E-state index in [0.29, 0.717) is 4.57 Å². The molecule has 0 bridgehead atoms. The van der Waals surface area contributed by atoms with Gasteiger partial charge in [0.2, 0.25) is 0 Å². The van der Waals surface area contributed by atoms with Gasteiger partial charge in [0, 0.05) is 0 Å². The summed E-state index contributed by atoms with van der Waals surface area (Å²) in [6.45, 7) is -1.69. The first-order valence-electron chi connectivity index (χ1n) is 7.43. The summed E-state index contributed by atoms with van der Waals surface area (Å²) >= 11 is 4.63. The standard InChI is InChI=1S/C10H14F4N3O11P3S.U/c11-9(10(12,13)14,5-17-3-1-7(15)16-8(17)32)6(18)2-4-26-30(22,23)28-31(24,25)27-29(19,20)21;/h1-3,5-6,18H,4H2,(H,22,23)(H,24,25)(H2,15,16,32)(H2,19,20,21);/q-2;+2/t6-,9?;/m0./s1. The number of aliphatic hydroxyl groups excluding tert-OH is 1. The van der Waals surface area contributed by atoms with E-state index < -0.39 is 52.8 Å². The van der Waals surface area contributed by atoms with Crippen LogP contribution in [0.2, 0.25) is 0 Å². The van der Waals surface area contributed by atoms with E-state index in [4.69, 9.17) is 20.4 Å². The minimum atomic E-state index is -5.88. The molecule has 3 unspecified atom stereocenters. The Hall–Kier alpha value is 0.112. The number of hydrogen-bond donors (Lipinski definition) is 6. The molecule has 0 amide bonds. The van der Waals surface area contributed by atoms with Gasteiger partial charge in [-0.1, -0.05) is 25.4 Å². The Morgan fingerprint density at radius 3 is 2.15 bits per heavy atom. The maximum Gasteiger partial charge on any atom is 2.00 e. The third-order valence-corrected chi connectivity index (χ3v) is 7.12. The van der Waals surface area contributed by atoms with Gasteiger partial charge in [-0.25, -0.2) is 18.1 Å². The Labute approximate surface area is 210 Å². The number of anilines is 1. The minimum absolute atomic E-state index is 0. The Morgan fingerprint density at radius 1 is 1.15 bits per heavy atom. The monoisotopic (exact) mass is 791 g/mol. The zero-order chi connectivity index (χ0) is 25.2. The van der Waals surface area contributed by atoms with Gasteiger partial charge in [-0.3, -0.25) is 11.4 Å².